The van der Waals surface area contributed by atoms with Crippen LogP contribution < -0.4 is 0 Å². The fourth-order valence-corrected chi connectivity index (χ4v) is 6.40. The molecule has 206 valence electrons. The maximum absolute atomic E-state index is 5.08. The highest BCUT2D eigenvalue weighted by Crippen LogP contribution is 2.41. The number of nitrogens with zero attached hydrogens (tertiary/aromatic N) is 1. The maximum atomic E-state index is 5.08. The zero-order chi connectivity index (χ0) is 29.0. The highest BCUT2D eigenvalue weighted by molar-refractivity contribution is 7.80. The van der Waals surface area contributed by atoms with Crippen molar-refractivity contribution in [2.45, 2.75) is 80.1 Å². The van der Waals surface area contributed by atoms with Gasteiger partial charge in [-0.15, -0.1) is 12.6 Å². The van der Waals surface area contributed by atoms with Gasteiger partial charge in [-0.05, 0) is 124 Å². The lowest BCUT2D eigenvalue weighted by molar-refractivity contribution is 0.411. The lowest BCUT2D eigenvalue weighted by Gasteiger charge is -2.24. The van der Waals surface area contributed by atoms with Crippen LogP contribution in [0.4, 0.5) is 0 Å². The van der Waals surface area contributed by atoms with Crippen molar-refractivity contribution in [1.29, 1.82) is 0 Å². The summed E-state index contributed by atoms with van der Waals surface area (Å²) in [6, 6.07) is 22.6. The summed E-state index contributed by atoms with van der Waals surface area (Å²) < 4.78 is 0. The van der Waals surface area contributed by atoms with Crippen LogP contribution in [0.15, 0.2) is 71.8 Å². The number of benzene rings is 4. The molecule has 5 rings (SSSR count). The molecule has 0 bridgehead atoms. The summed E-state index contributed by atoms with van der Waals surface area (Å²) >= 11 is 4.65. The molecule has 0 N–H and O–H groups in total. The molecule has 0 fully saturated rings. The van der Waals surface area contributed by atoms with Crippen molar-refractivity contribution in [2.75, 3.05) is 0 Å². The van der Waals surface area contributed by atoms with Gasteiger partial charge in [0.1, 0.15) is 0 Å². The summed E-state index contributed by atoms with van der Waals surface area (Å²) in [6.45, 7) is 20.7. The van der Waals surface area contributed by atoms with Gasteiger partial charge in [0.2, 0.25) is 0 Å². The molecule has 0 amide bonds. The van der Waals surface area contributed by atoms with Crippen molar-refractivity contribution in [3.8, 4) is 22.4 Å². The Morgan fingerprint density at radius 3 is 2.08 bits per heavy atom. The standard InChI is InChI=1S/C38H43NS/c1-23-10-13-29(40)20-32(23)30-15-12-27-16-17-39-36(35(27)25(30)3)33-19-28-18-26(21-37(4,5)6)11-14-31(28)34(24(33)2)22-38(7,8)9/h10-20,40H,21-22H2,1-9H3. The Balaban J connectivity index is 1.82. The Morgan fingerprint density at radius 1 is 0.650 bits per heavy atom. The predicted octanol–water partition coefficient (Wildman–Crippen LogP) is 11.1. The number of fused-ring (bicyclic) bond motifs is 2. The Bertz CT molecular complexity index is 1750. The number of aromatic nitrogens is 1. The van der Waals surface area contributed by atoms with Crippen molar-refractivity contribution in [1.82, 2.24) is 4.98 Å². The minimum absolute atomic E-state index is 0.172. The minimum atomic E-state index is 0.172. The molecule has 0 saturated carbocycles. The van der Waals surface area contributed by atoms with Crippen molar-refractivity contribution in [2.24, 2.45) is 10.8 Å². The third-order valence-electron chi connectivity index (χ3n) is 8.00. The van der Waals surface area contributed by atoms with Gasteiger partial charge >= 0.3 is 0 Å². The average Bonchev–Trinajstić information content (AvgIpc) is 2.85. The first-order valence-corrected chi connectivity index (χ1v) is 14.9. The van der Waals surface area contributed by atoms with E-state index in [-0.39, 0.29) is 10.8 Å². The summed E-state index contributed by atoms with van der Waals surface area (Å²) in [4.78, 5) is 6.07. The Morgan fingerprint density at radius 2 is 1.38 bits per heavy atom. The van der Waals surface area contributed by atoms with Crippen molar-refractivity contribution >= 4 is 34.2 Å². The van der Waals surface area contributed by atoms with Crippen LogP contribution in [0.3, 0.4) is 0 Å². The van der Waals surface area contributed by atoms with Gasteiger partial charge in [-0.2, -0.15) is 0 Å². The molecule has 1 aromatic heterocycles. The van der Waals surface area contributed by atoms with E-state index in [9.17, 15) is 0 Å². The predicted molar refractivity (Wildman–Crippen MR) is 178 cm³/mol. The number of hydrogen-bond donors (Lipinski definition) is 1. The molecular formula is C38H43NS. The highest BCUT2D eigenvalue weighted by Gasteiger charge is 2.22. The van der Waals surface area contributed by atoms with Crippen LogP contribution in [0, 0.1) is 31.6 Å². The quantitative estimate of drug-likeness (QED) is 0.222. The van der Waals surface area contributed by atoms with Gasteiger partial charge in [-0.1, -0.05) is 77.9 Å². The maximum Gasteiger partial charge on any atom is 0.0786 e. The molecule has 0 unspecified atom stereocenters. The van der Waals surface area contributed by atoms with E-state index < -0.39 is 0 Å². The summed E-state index contributed by atoms with van der Waals surface area (Å²) in [6.07, 6.45) is 4.05. The molecule has 0 saturated heterocycles. The van der Waals surface area contributed by atoms with Crippen molar-refractivity contribution < 1.29 is 0 Å². The van der Waals surface area contributed by atoms with E-state index in [1.54, 1.807) is 0 Å². The summed E-state index contributed by atoms with van der Waals surface area (Å²) in [5, 5.41) is 5.14. The number of pyridine rings is 1. The zero-order valence-electron chi connectivity index (χ0n) is 25.7. The molecule has 40 heavy (non-hydrogen) atoms. The van der Waals surface area contributed by atoms with Crippen LogP contribution in [0.1, 0.15) is 69.4 Å². The van der Waals surface area contributed by atoms with Crippen LogP contribution in [-0.4, -0.2) is 4.98 Å². The first-order chi connectivity index (χ1) is 18.7. The first kappa shape index (κ1) is 28.4. The summed E-state index contributed by atoms with van der Waals surface area (Å²) in [7, 11) is 0. The fraction of sp³-hybridized carbons (Fsp3) is 0.342. The van der Waals surface area contributed by atoms with Crippen LogP contribution in [-0.2, 0) is 12.8 Å². The monoisotopic (exact) mass is 545 g/mol. The second kappa shape index (κ2) is 10.4. The van der Waals surface area contributed by atoms with E-state index in [1.165, 1.54) is 66.1 Å². The summed E-state index contributed by atoms with van der Waals surface area (Å²) in [5.74, 6) is 0. The number of thiol groups is 1. The van der Waals surface area contributed by atoms with Crippen molar-refractivity contribution in [3.05, 3.63) is 94.7 Å². The molecule has 2 heteroatoms. The third kappa shape index (κ3) is 5.70. The van der Waals surface area contributed by atoms with Crippen LogP contribution in [0.5, 0.6) is 0 Å². The fourth-order valence-electron chi connectivity index (χ4n) is 6.20. The second-order valence-corrected chi connectivity index (χ2v) is 14.6. The largest absolute Gasteiger partial charge is 0.256 e. The number of hydrogen-bond acceptors (Lipinski definition) is 2. The van der Waals surface area contributed by atoms with Crippen LogP contribution in [0.25, 0.3) is 43.9 Å². The SMILES string of the molecule is Cc1ccc(S)cc1-c1ccc2ccnc(-c3cc4cc(CC(C)(C)C)ccc4c(CC(C)(C)C)c3C)c2c1C. The molecule has 0 atom stereocenters. The van der Waals surface area contributed by atoms with Gasteiger partial charge in [0, 0.05) is 22.0 Å². The van der Waals surface area contributed by atoms with Gasteiger partial charge < -0.3 is 0 Å². The van der Waals surface area contributed by atoms with E-state index in [4.69, 9.17) is 4.98 Å². The lowest BCUT2D eigenvalue weighted by Crippen LogP contribution is -2.12. The third-order valence-corrected chi connectivity index (χ3v) is 8.28. The molecule has 0 radical (unpaired) electrons. The van der Waals surface area contributed by atoms with Gasteiger partial charge in [0.25, 0.3) is 0 Å². The topological polar surface area (TPSA) is 12.9 Å². The smallest absolute Gasteiger partial charge is 0.0786 e. The van der Waals surface area contributed by atoms with Crippen LogP contribution in [0.2, 0.25) is 0 Å². The van der Waals surface area contributed by atoms with Gasteiger partial charge in [0.15, 0.2) is 0 Å². The number of rotatable bonds is 4. The molecule has 0 spiro atoms. The molecule has 1 nitrogen and oxygen atoms in total. The molecule has 4 aromatic carbocycles. The average molecular weight is 546 g/mol. The molecule has 1 heterocycles. The van der Waals surface area contributed by atoms with E-state index in [2.05, 4.69) is 136 Å². The zero-order valence-corrected chi connectivity index (χ0v) is 26.6. The Kier molecular flexibility index (Phi) is 7.38. The lowest BCUT2D eigenvalue weighted by atomic mass is 9.80. The molecule has 0 aliphatic heterocycles. The first-order valence-electron chi connectivity index (χ1n) is 14.5. The van der Waals surface area contributed by atoms with Gasteiger partial charge in [-0.3, -0.25) is 4.98 Å². The van der Waals surface area contributed by atoms with E-state index in [0.717, 1.165) is 23.4 Å². The van der Waals surface area contributed by atoms with Crippen molar-refractivity contribution in [3.63, 3.8) is 0 Å². The second-order valence-electron chi connectivity index (χ2n) is 14.1. The number of aryl methyl sites for hydroxylation is 2. The van der Waals surface area contributed by atoms with E-state index in [1.807, 2.05) is 6.20 Å². The molecule has 0 aliphatic carbocycles. The van der Waals surface area contributed by atoms with E-state index >= 15 is 0 Å². The highest BCUT2D eigenvalue weighted by atomic mass is 32.1. The van der Waals surface area contributed by atoms with Gasteiger partial charge in [0.05, 0.1) is 5.69 Å². The Hall–Kier alpha value is -3.10. The Labute approximate surface area is 246 Å². The molecule has 5 aromatic rings. The van der Waals surface area contributed by atoms with E-state index in [0.29, 0.717) is 0 Å². The minimum Gasteiger partial charge on any atom is -0.256 e. The van der Waals surface area contributed by atoms with Gasteiger partial charge in [-0.25, -0.2) is 0 Å². The molecule has 0 aliphatic rings. The normalized spacial score (nSPS) is 12.4. The van der Waals surface area contributed by atoms with Crippen LogP contribution >= 0.6 is 12.6 Å². The molecular weight excluding hydrogens is 502 g/mol. The summed E-state index contributed by atoms with van der Waals surface area (Å²) in [5.41, 5.74) is 11.9.